The van der Waals surface area contributed by atoms with Gasteiger partial charge in [0, 0.05) is 4.90 Å². The number of carbonyl (C=O) groups excluding carboxylic acids is 1. The molecule has 0 heterocycles. The molecule has 2 rings (SSSR count). The summed E-state index contributed by atoms with van der Waals surface area (Å²) >= 11 is 1.51. The molecular weight excluding hydrogens is 284 g/mol. The number of benzene rings is 2. The quantitative estimate of drug-likeness (QED) is 0.651. The molecule has 0 unspecified atom stereocenters. The van der Waals surface area contributed by atoms with Gasteiger partial charge >= 0.3 is 0 Å². The Hall–Kier alpha value is -2.20. The molecule has 0 aliphatic carbocycles. The van der Waals surface area contributed by atoms with E-state index < -0.39 is 0 Å². The van der Waals surface area contributed by atoms with Crippen molar-refractivity contribution in [1.29, 1.82) is 0 Å². The molecule has 1 N–H and O–H groups in total. The van der Waals surface area contributed by atoms with Crippen molar-refractivity contribution in [1.82, 2.24) is 0 Å². The summed E-state index contributed by atoms with van der Waals surface area (Å²) < 4.78 is 5.02. The summed E-state index contributed by atoms with van der Waals surface area (Å²) in [5.74, 6) is 0.912. The summed E-state index contributed by atoms with van der Waals surface area (Å²) in [6.07, 6.45) is 3.26. The predicted octanol–water partition coefficient (Wildman–Crippen LogP) is 3.78. The van der Waals surface area contributed by atoms with Gasteiger partial charge in [0.15, 0.2) is 17.3 Å². The number of methoxy groups -OCH3 is 1. The first-order valence-corrected chi connectivity index (χ1v) is 7.43. The predicted molar refractivity (Wildman–Crippen MR) is 85.9 cm³/mol. The molecule has 0 aromatic heterocycles. The molecule has 0 radical (unpaired) electrons. The van der Waals surface area contributed by atoms with E-state index in [1.165, 1.54) is 18.9 Å². The summed E-state index contributed by atoms with van der Waals surface area (Å²) in [7, 11) is 1.49. The zero-order chi connectivity index (χ0) is 15.1. The van der Waals surface area contributed by atoms with Gasteiger partial charge in [0.25, 0.3) is 0 Å². The van der Waals surface area contributed by atoms with Crippen LogP contribution >= 0.6 is 11.8 Å². The molecule has 0 saturated carbocycles. The Labute approximate surface area is 128 Å². The topological polar surface area (TPSA) is 46.5 Å². The maximum absolute atomic E-state index is 11.8. The van der Waals surface area contributed by atoms with Crippen LogP contribution in [0.5, 0.6) is 11.5 Å². The zero-order valence-electron chi connectivity index (χ0n) is 11.7. The third-order valence-corrected chi connectivity index (χ3v) is 3.82. The Kier molecular flexibility index (Phi) is 5.46. The van der Waals surface area contributed by atoms with Gasteiger partial charge in [-0.15, -0.1) is 11.8 Å². The van der Waals surface area contributed by atoms with Crippen LogP contribution in [0.1, 0.15) is 5.56 Å². The molecule has 0 aliphatic heterocycles. The van der Waals surface area contributed by atoms with E-state index >= 15 is 0 Å². The number of rotatable bonds is 6. The number of hydrogen-bond acceptors (Lipinski definition) is 4. The maximum atomic E-state index is 11.8. The van der Waals surface area contributed by atoms with Gasteiger partial charge in [0.05, 0.1) is 12.9 Å². The Morgan fingerprint density at radius 2 is 2.00 bits per heavy atom. The lowest BCUT2D eigenvalue weighted by molar-refractivity contribution is -0.112. The van der Waals surface area contributed by atoms with Crippen LogP contribution in [0.2, 0.25) is 0 Å². The third kappa shape index (κ3) is 4.68. The summed E-state index contributed by atoms with van der Waals surface area (Å²) in [6, 6.07) is 14.8. The lowest BCUT2D eigenvalue weighted by atomic mass is 10.2. The monoisotopic (exact) mass is 300 g/mol. The highest BCUT2D eigenvalue weighted by Gasteiger charge is 2.02. The van der Waals surface area contributed by atoms with E-state index in [1.807, 2.05) is 30.3 Å². The molecule has 0 atom stereocenters. The van der Waals surface area contributed by atoms with Crippen LogP contribution in [0.4, 0.5) is 0 Å². The van der Waals surface area contributed by atoms with Crippen molar-refractivity contribution in [3.63, 3.8) is 0 Å². The molecule has 21 heavy (non-hydrogen) atoms. The average Bonchev–Trinajstić information content (AvgIpc) is 2.53. The molecule has 2 aromatic carbocycles. The van der Waals surface area contributed by atoms with Crippen LogP contribution in [-0.2, 0) is 4.79 Å². The average molecular weight is 300 g/mol. The van der Waals surface area contributed by atoms with Gasteiger partial charge in [-0.3, -0.25) is 4.79 Å². The summed E-state index contributed by atoms with van der Waals surface area (Å²) in [5.41, 5.74) is 0.808. The van der Waals surface area contributed by atoms with Crippen molar-refractivity contribution < 1.29 is 14.6 Å². The largest absolute Gasteiger partial charge is 0.504 e. The van der Waals surface area contributed by atoms with Crippen LogP contribution in [0.3, 0.4) is 0 Å². The number of phenols is 1. The molecule has 0 aliphatic rings. The van der Waals surface area contributed by atoms with Gasteiger partial charge in [0.1, 0.15) is 0 Å². The van der Waals surface area contributed by atoms with Gasteiger partial charge in [0.2, 0.25) is 0 Å². The molecule has 3 nitrogen and oxygen atoms in total. The number of ether oxygens (including phenoxy) is 1. The molecule has 4 heteroatoms. The van der Waals surface area contributed by atoms with E-state index in [4.69, 9.17) is 4.74 Å². The van der Waals surface area contributed by atoms with Gasteiger partial charge in [-0.25, -0.2) is 0 Å². The van der Waals surface area contributed by atoms with Gasteiger partial charge in [-0.1, -0.05) is 30.3 Å². The molecule has 108 valence electrons. The van der Waals surface area contributed by atoms with E-state index in [0.717, 1.165) is 10.5 Å². The van der Waals surface area contributed by atoms with Crippen LogP contribution in [0, 0.1) is 0 Å². The second-order valence-corrected chi connectivity index (χ2v) is 5.38. The smallest absolute Gasteiger partial charge is 0.165 e. The van der Waals surface area contributed by atoms with Gasteiger partial charge < -0.3 is 9.84 Å². The molecular formula is C17H16O3S. The zero-order valence-corrected chi connectivity index (χ0v) is 12.5. The first kappa shape index (κ1) is 15.2. The highest BCUT2D eigenvalue weighted by atomic mass is 32.2. The number of phenolic OH excluding ortho intramolecular Hbond substituents is 1. The summed E-state index contributed by atoms with van der Waals surface area (Å²) in [5, 5.41) is 9.50. The lowest BCUT2D eigenvalue weighted by Crippen LogP contribution is -1.95. The lowest BCUT2D eigenvalue weighted by Gasteiger charge is -2.03. The van der Waals surface area contributed by atoms with E-state index in [0.29, 0.717) is 11.5 Å². The highest BCUT2D eigenvalue weighted by Crippen LogP contribution is 2.26. The second-order valence-electron chi connectivity index (χ2n) is 4.33. The minimum Gasteiger partial charge on any atom is -0.504 e. The fourth-order valence-electron chi connectivity index (χ4n) is 1.71. The van der Waals surface area contributed by atoms with E-state index in [2.05, 4.69) is 0 Å². The second kappa shape index (κ2) is 7.55. The highest BCUT2D eigenvalue weighted by molar-refractivity contribution is 8.00. The van der Waals surface area contributed by atoms with Crippen LogP contribution in [-0.4, -0.2) is 23.8 Å². The molecule has 0 spiro atoms. The van der Waals surface area contributed by atoms with Gasteiger partial charge in [-0.05, 0) is 35.9 Å². The number of carbonyl (C=O) groups is 1. The molecule has 0 fully saturated rings. The van der Waals surface area contributed by atoms with Crippen molar-refractivity contribution in [2.45, 2.75) is 4.90 Å². The van der Waals surface area contributed by atoms with Crippen molar-refractivity contribution in [3.05, 3.63) is 60.2 Å². The van der Waals surface area contributed by atoms with E-state index in [-0.39, 0.29) is 11.5 Å². The normalized spacial score (nSPS) is 10.7. The van der Waals surface area contributed by atoms with E-state index in [1.54, 1.807) is 30.4 Å². The number of ketones is 1. The summed E-state index contributed by atoms with van der Waals surface area (Å²) in [4.78, 5) is 12.9. The standard InChI is InChI=1S/C17H16O3S/c1-20-17-11-13(8-10-16(17)19)7-9-14(18)12-21-15-5-3-2-4-6-15/h2-11,19H,12H2,1H3/b9-7+. The third-order valence-electron chi connectivity index (χ3n) is 2.79. The molecule has 2 aromatic rings. The fourth-order valence-corrected chi connectivity index (χ4v) is 2.46. The van der Waals surface area contributed by atoms with Crippen molar-refractivity contribution in [3.8, 4) is 11.5 Å². The Balaban J connectivity index is 1.93. The first-order valence-electron chi connectivity index (χ1n) is 6.45. The van der Waals surface area contributed by atoms with E-state index in [9.17, 15) is 9.90 Å². The Morgan fingerprint density at radius 3 is 2.71 bits per heavy atom. The number of hydrogen-bond donors (Lipinski definition) is 1. The number of thioether (sulfide) groups is 1. The van der Waals surface area contributed by atoms with Crippen molar-refractivity contribution in [2.24, 2.45) is 0 Å². The van der Waals surface area contributed by atoms with Crippen LogP contribution < -0.4 is 4.74 Å². The fraction of sp³-hybridized carbons (Fsp3) is 0.118. The molecule has 0 saturated heterocycles. The minimum absolute atomic E-state index is 0.0379. The Bertz CT molecular complexity index is 636. The SMILES string of the molecule is COc1cc(/C=C/C(=O)CSc2ccccc2)ccc1O. The van der Waals surface area contributed by atoms with Crippen LogP contribution in [0.15, 0.2) is 59.5 Å². The molecule has 0 bridgehead atoms. The summed E-state index contributed by atoms with van der Waals surface area (Å²) in [6.45, 7) is 0. The number of allylic oxidation sites excluding steroid dienone is 1. The first-order chi connectivity index (χ1) is 10.2. The maximum Gasteiger partial charge on any atom is 0.165 e. The minimum atomic E-state index is 0.0379. The molecule has 0 amide bonds. The Morgan fingerprint density at radius 1 is 1.24 bits per heavy atom. The van der Waals surface area contributed by atoms with Crippen LogP contribution in [0.25, 0.3) is 6.08 Å². The number of aromatic hydroxyl groups is 1. The van der Waals surface area contributed by atoms with Gasteiger partial charge in [-0.2, -0.15) is 0 Å². The van der Waals surface area contributed by atoms with Crippen molar-refractivity contribution >= 4 is 23.6 Å². The van der Waals surface area contributed by atoms with Crippen molar-refractivity contribution in [2.75, 3.05) is 12.9 Å².